The average molecular weight is 831 g/mol. The molecule has 1 aliphatic rings. The van der Waals surface area contributed by atoms with Crippen LogP contribution >= 0.6 is 0 Å². The molecule has 0 saturated heterocycles. The SMILES string of the molecule is CC1(C)c2ccccc2-c2ccc(N(c3ccc(-c4ccccc4)cc3)c3ccc(-c4ccc(-c5ccccc5-n5c6ccccc6c6c(-c7ccccc7)cccc65)cc4)cc3)cc21. The molecule has 12 rings (SSSR count). The lowest BCUT2D eigenvalue weighted by Gasteiger charge is -2.28. The lowest BCUT2D eigenvalue weighted by molar-refractivity contribution is 0.660. The summed E-state index contributed by atoms with van der Waals surface area (Å²) >= 11 is 0. The molecule has 0 saturated carbocycles. The maximum atomic E-state index is 2.45. The van der Waals surface area contributed by atoms with Crippen molar-refractivity contribution >= 4 is 38.9 Å². The topological polar surface area (TPSA) is 8.17 Å². The van der Waals surface area contributed by atoms with Crippen molar-refractivity contribution in [3.8, 4) is 61.3 Å². The van der Waals surface area contributed by atoms with Gasteiger partial charge < -0.3 is 9.47 Å². The summed E-state index contributed by atoms with van der Waals surface area (Å²) in [5.41, 5.74) is 21.8. The summed E-state index contributed by atoms with van der Waals surface area (Å²) in [5, 5.41) is 2.53. The predicted octanol–water partition coefficient (Wildman–Crippen LogP) is 17.2. The van der Waals surface area contributed by atoms with E-state index in [4.69, 9.17) is 0 Å². The Morgan fingerprint density at radius 3 is 1.48 bits per heavy atom. The first-order valence-corrected chi connectivity index (χ1v) is 22.6. The Kier molecular flexibility index (Phi) is 9.21. The Labute approximate surface area is 381 Å². The van der Waals surface area contributed by atoms with Gasteiger partial charge in [0, 0.05) is 38.8 Å². The summed E-state index contributed by atoms with van der Waals surface area (Å²) in [6.07, 6.45) is 0. The van der Waals surface area contributed by atoms with Crippen molar-refractivity contribution in [2.24, 2.45) is 0 Å². The van der Waals surface area contributed by atoms with Crippen LogP contribution in [0.2, 0.25) is 0 Å². The van der Waals surface area contributed by atoms with E-state index >= 15 is 0 Å². The van der Waals surface area contributed by atoms with Gasteiger partial charge in [-0.15, -0.1) is 0 Å². The lowest BCUT2D eigenvalue weighted by Crippen LogP contribution is -2.16. The van der Waals surface area contributed by atoms with Crippen LogP contribution in [-0.2, 0) is 5.41 Å². The fraction of sp³-hybridized carbons (Fsp3) is 0.0476. The van der Waals surface area contributed by atoms with Crippen LogP contribution in [-0.4, -0.2) is 4.57 Å². The zero-order chi connectivity index (χ0) is 43.5. The molecule has 0 unspecified atom stereocenters. The van der Waals surface area contributed by atoms with E-state index in [1.165, 1.54) is 88.6 Å². The Bertz CT molecular complexity index is 3520. The van der Waals surface area contributed by atoms with Gasteiger partial charge in [-0.3, -0.25) is 0 Å². The second kappa shape index (κ2) is 15.6. The van der Waals surface area contributed by atoms with Crippen LogP contribution in [0.25, 0.3) is 83.1 Å². The standard InChI is InChI=1S/C63H46N2/c1-63(2)57-24-12-9-21-54(57)55-41-40-51(42-58(55)63)64(49-36-32-45(33-37-49)43-16-5-3-6-17-43)50-38-34-46(35-39-50)44-28-30-48(31-29-44)52-20-10-13-25-59(52)65-60-26-14-11-22-56(60)62-53(23-15-27-61(62)65)47-18-7-4-8-19-47/h3-42H,1-2H3. The summed E-state index contributed by atoms with van der Waals surface area (Å²) in [4.78, 5) is 2.40. The van der Waals surface area contributed by atoms with E-state index in [1.54, 1.807) is 0 Å². The molecule has 2 nitrogen and oxygen atoms in total. The number of hydrogen-bond donors (Lipinski definition) is 0. The Balaban J connectivity index is 0.901. The Hall–Kier alpha value is -8.20. The second-order valence-electron chi connectivity index (χ2n) is 17.7. The smallest absolute Gasteiger partial charge is 0.0547 e. The van der Waals surface area contributed by atoms with Crippen LogP contribution in [0.4, 0.5) is 17.1 Å². The first-order valence-electron chi connectivity index (χ1n) is 22.6. The number of hydrogen-bond acceptors (Lipinski definition) is 1. The van der Waals surface area contributed by atoms with E-state index < -0.39 is 0 Å². The van der Waals surface area contributed by atoms with Gasteiger partial charge in [0.15, 0.2) is 0 Å². The van der Waals surface area contributed by atoms with Gasteiger partial charge in [0.05, 0.1) is 16.7 Å². The molecule has 0 fully saturated rings. The highest BCUT2D eigenvalue weighted by Crippen LogP contribution is 2.51. The van der Waals surface area contributed by atoms with Gasteiger partial charge in [-0.25, -0.2) is 0 Å². The molecule has 10 aromatic carbocycles. The van der Waals surface area contributed by atoms with Gasteiger partial charge in [-0.1, -0.05) is 202 Å². The highest BCUT2D eigenvalue weighted by molar-refractivity contribution is 6.16. The number of anilines is 3. The zero-order valence-corrected chi connectivity index (χ0v) is 36.5. The van der Waals surface area contributed by atoms with Crippen molar-refractivity contribution in [2.75, 3.05) is 4.90 Å². The lowest BCUT2D eigenvalue weighted by atomic mass is 9.82. The molecule has 65 heavy (non-hydrogen) atoms. The fourth-order valence-corrected chi connectivity index (χ4v) is 10.4. The molecule has 308 valence electrons. The number of benzene rings is 10. The number of para-hydroxylation sites is 2. The zero-order valence-electron chi connectivity index (χ0n) is 36.5. The summed E-state index contributed by atoms with van der Waals surface area (Å²) in [7, 11) is 0. The molecule has 0 aliphatic heterocycles. The third-order valence-corrected chi connectivity index (χ3v) is 13.6. The van der Waals surface area contributed by atoms with Crippen molar-refractivity contribution in [1.29, 1.82) is 0 Å². The molecule has 0 radical (unpaired) electrons. The van der Waals surface area contributed by atoms with Crippen LogP contribution in [0, 0.1) is 0 Å². The van der Waals surface area contributed by atoms with E-state index in [1.807, 2.05) is 0 Å². The molecule has 1 aliphatic carbocycles. The van der Waals surface area contributed by atoms with E-state index in [0.717, 1.165) is 22.7 Å². The summed E-state index contributed by atoms with van der Waals surface area (Å²) in [6.45, 7) is 4.70. The van der Waals surface area contributed by atoms with Crippen LogP contribution in [0.3, 0.4) is 0 Å². The number of aromatic nitrogens is 1. The minimum Gasteiger partial charge on any atom is -0.310 e. The second-order valence-corrected chi connectivity index (χ2v) is 17.7. The quantitative estimate of drug-likeness (QED) is 0.148. The molecule has 11 aromatic rings. The van der Waals surface area contributed by atoms with E-state index in [0.29, 0.717) is 0 Å². The molecule has 1 heterocycles. The first kappa shape index (κ1) is 38.5. The summed E-state index contributed by atoms with van der Waals surface area (Å²) < 4.78 is 2.45. The normalized spacial score (nSPS) is 12.6. The van der Waals surface area contributed by atoms with Crippen LogP contribution in [0.1, 0.15) is 25.0 Å². The molecular weight excluding hydrogens is 785 g/mol. The van der Waals surface area contributed by atoms with Crippen LogP contribution < -0.4 is 4.90 Å². The highest BCUT2D eigenvalue weighted by atomic mass is 15.1. The molecular formula is C63H46N2. The first-order chi connectivity index (χ1) is 32.0. The highest BCUT2D eigenvalue weighted by Gasteiger charge is 2.35. The number of nitrogens with zero attached hydrogens (tertiary/aromatic N) is 2. The Morgan fingerprint density at radius 2 is 0.785 bits per heavy atom. The largest absolute Gasteiger partial charge is 0.310 e. The molecule has 1 aromatic heterocycles. The summed E-state index contributed by atoms with van der Waals surface area (Å²) in [6, 6.07) is 88.7. The van der Waals surface area contributed by atoms with Gasteiger partial charge >= 0.3 is 0 Å². The minimum absolute atomic E-state index is 0.101. The van der Waals surface area contributed by atoms with Gasteiger partial charge in [0.2, 0.25) is 0 Å². The van der Waals surface area contributed by atoms with Crippen molar-refractivity contribution in [3.05, 3.63) is 254 Å². The monoisotopic (exact) mass is 830 g/mol. The van der Waals surface area contributed by atoms with Gasteiger partial charge in [0.1, 0.15) is 0 Å². The van der Waals surface area contributed by atoms with Gasteiger partial charge in [-0.2, -0.15) is 0 Å². The molecule has 0 spiro atoms. The predicted molar refractivity (Wildman–Crippen MR) is 275 cm³/mol. The van der Waals surface area contributed by atoms with E-state index in [-0.39, 0.29) is 5.41 Å². The molecule has 0 N–H and O–H groups in total. The molecule has 0 atom stereocenters. The van der Waals surface area contributed by atoms with Crippen molar-refractivity contribution in [2.45, 2.75) is 19.3 Å². The van der Waals surface area contributed by atoms with Crippen molar-refractivity contribution < 1.29 is 0 Å². The van der Waals surface area contributed by atoms with Crippen LogP contribution in [0.5, 0.6) is 0 Å². The third-order valence-electron chi connectivity index (χ3n) is 13.6. The molecule has 2 heteroatoms. The van der Waals surface area contributed by atoms with E-state index in [9.17, 15) is 0 Å². The maximum Gasteiger partial charge on any atom is 0.0547 e. The third kappa shape index (κ3) is 6.49. The summed E-state index contributed by atoms with van der Waals surface area (Å²) in [5.74, 6) is 0. The van der Waals surface area contributed by atoms with Gasteiger partial charge in [0.25, 0.3) is 0 Å². The average Bonchev–Trinajstić information content (AvgIpc) is 3.83. The van der Waals surface area contributed by atoms with E-state index in [2.05, 4.69) is 266 Å². The van der Waals surface area contributed by atoms with Gasteiger partial charge in [-0.05, 0) is 116 Å². The number of rotatable bonds is 8. The van der Waals surface area contributed by atoms with Crippen molar-refractivity contribution in [3.63, 3.8) is 0 Å². The fourth-order valence-electron chi connectivity index (χ4n) is 10.4. The Morgan fingerprint density at radius 1 is 0.323 bits per heavy atom. The van der Waals surface area contributed by atoms with Crippen LogP contribution in [0.15, 0.2) is 243 Å². The number of fused-ring (bicyclic) bond motifs is 6. The maximum absolute atomic E-state index is 2.45. The molecule has 0 bridgehead atoms. The molecule has 0 amide bonds. The van der Waals surface area contributed by atoms with Crippen molar-refractivity contribution in [1.82, 2.24) is 4.57 Å². The minimum atomic E-state index is -0.101.